The maximum atomic E-state index is 12.8. The SMILES string of the molecule is C[C@@H](O)[C@H](NC(=O)c1ccc(C#Cc2ccc(NC(=O)CN3CCC(C(F)(F)F)CC3)cc2)cc1)C(=O)NO. The van der Waals surface area contributed by atoms with Crippen LogP contribution in [0.25, 0.3) is 0 Å². The van der Waals surface area contributed by atoms with Crippen molar-refractivity contribution in [2.24, 2.45) is 5.92 Å². The topological polar surface area (TPSA) is 131 Å². The van der Waals surface area contributed by atoms with Crippen LogP contribution in [0.4, 0.5) is 18.9 Å². The molecule has 2 atom stereocenters. The smallest absolute Gasteiger partial charge is 0.391 e. The summed E-state index contributed by atoms with van der Waals surface area (Å²) >= 11 is 0. The normalized spacial score (nSPS) is 15.8. The number of carbonyl (C=O) groups excluding carboxylic acids is 3. The highest BCUT2D eigenvalue weighted by molar-refractivity contribution is 5.97. The predicted molar refractivity (Wildman–Crippen MR) is 136 cm³/mol. The number of benzene rings is 2. The van der Waals surface area contributed by atoms with Crippen LogP contribution in [-0.2, 0) is 9.59 Å². The Balaban J connectivity index is 1.50. The number of hydrogen-bond donors (Lipinski definition) is 5. The molecule has 2 aromatic carbocycles. The first-order valence-electron chi connectivity index (χ1n) is 12.2. The number of piperidine rings is 1. The summed E-state index contributed by atoms with van der Waals surface area (Å²) in [5, 5.41) is 23.4. The molecule has 1 saturated heterocycles. The highest BCUT2D eigenvalue weighted by Crippen LogP contribution is 2.34. The third kappa shape index (κ3) is 8.81. The van der Waals surface area contributed by atoms with Gasteiger partial charge in [0.2, 0.25) is 5.91 Å². The van der Waals surface area contributed by atoms with Crippen LogP contribution in [0, 0.1) is 17.8 Å². The van der Waals surface area contributed by atoms with E-state index in [0.29, 0.717) is 16.8 Å². The molecule has 0 bridgehead atoms. The first-order chi connectivity index (χ1) is 18.5. The van der Waals surface area contributed by atoms with Gasteiger partial charge >= 0.3 is 6.18 Å². The summed E-state index contributed by atoms with van der Waals surface area (Å²) < 4.78 is 38.4. The molecule has 0 aromatic heterocycles. The van der Waals surface area contributed by atoms with Crippen molar-refractivity contribution in [1.82, 2.24) is 15.7 Å². The summed E-state index contributed by atoms with van der Waals surface area (Å²) in [5.41, 5.74) is 3.43. The average Bonchev–Trinajstić information content (AvgIpc) is 2.90. The fourth-order valence-corrected chi connectivity index (χ4v) is 4.01. The number of alkyl halides is 3. The lowest BCUT2D eigenvalue weighted by atomic mass is 9.96. The van der Waals surface area contributed by atoms with Crippen LogP contribution in [0.1, 0.15) is 41.3 Å². The molecule has 5 N–H and O–H groups in total. The van der Waals surface area contributed by atoms with Crippen molar-refractivity contribution in [3.8, 4) is 11.8 Å². The molecule has 39 heavy (non-hydrogen) atoms. The van der Waals surface area contributed by atoms with Gasteiger partial charge in [-0.2, -0.15) is 13.2 Å². The predicted octanol–water partition coefficient (Wildman–Crippen LogP) is 2.28. The van der Waals surface area contributed by atoms with Crippen LogP contribution < -0.4 is 16.1 Å². The number of halogens is 3. The molecule has 0 spiro atoms. The molecule has 0 radical (unpaired) electrons. The monoisotopic (exact) mass is 546 g/mol. The van der Waals surface area contributed by atoms with Crippen LogP contribution in [0.3, 0.4) is 0 Å². The van der Waals surface area contributed by atoms with Gasteiger partial charge in [-0.3, -0.25) is 24.5 Å². The second kappa shape index (κ2) is 13.2. The zero-order valence-corrected chi connectivity index (χ0v) is 21.1. The fraction of sp³-hybridized carbons (Fsp3) is 0.370. The number of amides is 3. The first-order valence-corrected chi connectivity index (χ1v) is 12.2. The maximum Gasteiger partial charge on any atom is 0.391 e. The van der Waals surface area contributed by atoms with Crippen molar-refractivity contribution in [1.29, 1.82) is 0 Å². The third-order valence-corrected chi connectivity index (χ3v) is 6.25. The largest absolute Gasteiger partial charge is 0.391 e. The van der Waals surface area contributed by atoms with E-state index in [1.807, 2.05) is 0 Å². The van der Waals surface area contributed by atoms with Gasteiger partial charge in [-0.1, -0.05) is 11.8 Å². The zero-order valence-electron chi connectivity index (χ0n) is 21.1. The average molecular weight is 547 g/mol. The van der Waals surface area contributed by atoms with Gasteiger partial charge in [0.25, 0.3) is 11.8 Å². The summed E-state index contributed by atoms with van der Waals surface area (Å²) in [4.78, 5) is 37.9. The van der Waals surface area contributed by atoms with E-state index in [-0.39, 0.29) is 43.9 Å². The van der Waals surface area contributed by atoms with E-state index < -0.39 is 36.1 Å². The van der Waals surface area contributed by atoms with Gasteiger partial charge in [0.15, 0.2) is 0 Å². The molecular formula is C27H29F3N4O5. The highest BCUT2D eigenvalue weighted by Gasteiger charge is 2.41. The first kappa shape index (κ1) is 29.6. The highest BCUT2D eigenvalue weighted by atomic mass is 19.4. The van der Waals surface area contributed by atoms with Gasteiger partial charge in [0.1, 0.15) is 6.04 Å². The second-order valence-electron chi connectivity index (χ2n) is 9.21. The summed E-state index contributed by atoms with van der Waals surface area (Å²) in [6.45, 7) is 1.77. The van der Waals surface area contributed by atoms with E-state index in [9.17, 15) is 32.7 Å². The number of hydroxylamine groups is 1. The van der Waals surface area contributed by atoms with Gasteiger partial charge in [0, 0.05) is 22.4 Å². The number of aliphatic hydroxyl groups excluding tert-OH is 1. The van der Waals surface area contributed by atoms with E-state index in [1.54, 1.807) is 41.3 Å². The Kier molecular flexibility index (Phi) is 10.1. The Morgan fingerprint density at radius 1 is 1.00 bits per heavy atom. The number of nitrogens with one attached hydrogen (secondary N) is 3. The number of hydrogen-bond acceptors (Lipinski definition) is 6. The molecule has 0 aliphatic carbocycles. The molecule has 3 rings (SSSR count). The van der Waals surface area contributed by atoms with E-state index >= 15 is 0 Å². The van der Waals surface area contributed by atoms with Crippen molar-refractivity contribution in [3.05, 3.63) is 65.2 Å². The van der Waals surface area contributed by atoms with Gasteiger partial charge in [-0.05, 0) is 81.4 Å². The second-order valence-corrected chi connectivity index (χ2v) is 9.21. The van der Waals surface area contributed by atoms with E-state index in [0.717, 1.165) is 0 Å². The summed E-state index contributed by atoms with van der Waals surface area (Å²) in [5.74, 6) is 2.74. The van der Waals surface area contributed by atoms with Crippen LogP contribution >= 0.6 is 0 Å². The standard InChI is InChI=1S/C27H29F3N4O5/c1-17(35)24(26(38)33-39)32-25(37)20-8-4-18(5-9-20)2-3-19-6-10-22(11-7-19)31-23(36)16-34-14-12-21(13-15-34)27(28,29)30/h4-11,17,21,24,35,39H,12-16H2,1H3,(H,31,36)(H,32,37)(H,33,38)/t17-,24+/m1/s1. The lowest BCUT2D eigenvalue weighted by Gasteiger charge is -2.32. The Hall–Kier alpha value is -3.92. The minimum Gasteiger partial charge on any atom is -0.391 e. The number of rotatable bonds is 7. The van der Waals surface area contributed by atoms with E-state index in [2.05, 4.69) is 22.5 Å². The zero-order chi connectivity index (χ0) is 28.6. The van der Waals surface area contributed by atoms with Crippen LogP contribution in [0.2, 0.25) is 0 Å². The Morgan fingerprint density at radius 3 is 2.03 bits per heavy atom. The number of nitrogens with zero attached hydrogens (tertiary/aromatic N) is 1. The van der Waals surface area contributed by atoms with E-state index in [4.69, 9.17) is 5.21 Å². The molecule has 1 aliphatic heterocycles. The number of aliphatic hydroxyl groups is 1. The molecule has 0 saturated carbocycles. The van der Waals surface area contributed by atoms with Crippen molar-refractivity contribution < 1.29 is 37.9 Å². The molecule has 3 amide bonds. The summed E-state index contributed by atoms with van der Waals surface area (Å²) in [6, 6.07) is 11.7. The summed E-state index contributed by atoms with van der Waals surface area (Å²) in [6.07, 6.45) is -5.43. The minimum absolute atomic E-state index is 0.00707. The quantitative estimate of drug-likeness (QED) is 0.206. The Morgan fingerprint density at radius 2 is 1.54 bits per heavy atom. The lowest BCUT2D eigenvalue weighted by Crippen LogP contribution is -2.51. The van der Waals surface area contributed by atoms with Crippen molar-refractivity contribution in [2.45, 2.75) is 38.1 Å². The number of anilines is 1. The molecule has 12 heteroatoms. The van der Waals surface area contributed by atoms with Crippen molar-refractivity contribution in [2.75, 3.05) is 25.0 Å². The van der Waals surface area contributed by atoms with Gasteiger partial charge in [-0.25, -0.2) is 5.48 Å². The minimum atomic E-state index is -4.19. The molecule has 1 aliphatic rings. The molecular weight excluding hydrogens is 517 g/mol. The Bertz CT molecular complexity index is 1210. The molecule has 208 valence electrons. The molecule has 9 nitrogen and oxygen atoms in total. The van der Waals surface area contributed by atoms with Crippen molar-refractivity contribution in [3.63, 3.8) is 0 Å². The van der Waals surface area contributed by atoms with Crippen molar-refractivity contribution >= 4 is 23.4 Å². The fourth-order valence-electron chi connectivity index (χ4n) is 4.01. The van der Waals surface area contributed by atoms with Crippen LogP contribution in [0.15, 0.2) is 48.5 Å². The number of likely N-dealkylation sites (tertiary alicyclic amines) is 1. The Labute approximate surface area is 223 Å². The van der Waals surface area contributed by atoms with Gasteiger partial charge < -0.3 is 15.7 Å². The summed E-state index contributed by atoms with van der Waals surface area (Å²) in [7, 11) is 0. The van der Waals surface area contributed by atoms with Gasteiger partial charge in [0.05, 0.1) is 18.6 Å². The molecule has 1 heterocycles. The number of carbonyl (C=O) groups is 3. The molecule has 1 fully saturated rings. The van der Waals surface area contributed by atoms with Crippen LogP contribution in [0.5, 0.6) is 0 Å². The van der Waals surface area contributed by atoms with Gasteiger partial charge in [-0.15, -0.1) is 0 Å². The van der Waals surface area contributed by atoms with Crippen LogP contribution in [-0.4, -0.2) is 70.9 Å². The maximum absolute atomic E-state index is 12.8. The lowest BCUT2D eigenvalue weighted by molar-refractivity contribution is -0.184. The molecule has 0 unspecified atom stereocenters. The molecule has 2 aromatic rings. The van der Waals surface area contributed by atoms with E-state index in [1.165, 1.54) is 24.5 Å². The third-order valence-electron chi connectivity index (χ3n) is 6.25.